The zero-order chi connectivity index (χ0) is 32.1. The monoisotopic (exact) mass is 620 g/mol. The van der Waals surface area contributed by atoms with E-state index in [-0.39, 0.29) is 0 Å². The lowest BCUT2D eigenvalue weighted by atomic mass is 9.82. The molecule has 1 heteroatoms. The van der Waals surface area contributed by atoms with E-state index in [1.54, 1.807) is 0 Å². The molecule has 11 rings (SSSR count). The summed E-state index contributed by atoms with van der Waals surface area (Å²) in [6, 6.07) is 62.0. The molecule has 1 nitrogen and oxygen atoms in total. The minimum atomic E-state index is 0.912. The molecule has 0 fully saturated rings. The van der Waals surface area contributed by atoms with Crippen molar-refractivity contribution < 1.29 is 4.42 Å². The summed E-state index contributed by atoms with van der Waals surface area (Å²) in [7, 11) is 0. The van der Waals surface area contributed by atoms with E-state index < -0.39 is 0 Å². The summed E-state index contributed by atoms with van der Waals surface area (Å²) in [5.74, 6) is 0. The molecule has 0 aliphatic rings. The van der Waals surface area contributed by atoms with Crippen molar-refractivity contribution in [3.63, 3.8) is 0 Å². The molecule has 0 N–H and O–H groups in total. The van der Waals surface area contributed by atoms with E-state index in [1.807, 2.05) is 0 Å². The number of para-hydroxylation sites is 1. The van der Waals surface area contributed by atoms with Crippen LogP contribution in [-0.4, -0.2) is 0 Å². The first-order chi connectivity index (χ1) is 24.3. The Hall–Kier alpha value is -6.44. The first-order valence-corrected chi connectivity index (χ1v) is 16.9. The second-order valence-corrected chi connectivity index (χ2v) is 13.1. The van der Waals surface area contributed by atoms with E-state index >= 15 is 0 Å². The van der Waals surface area contributed by atoms with E-state index in [1.165, 1.54) is 81.3 Å². The van der Waals surface area contributed by atoms with E-state index in [0.29, 0.717) is 0 Å². The van der Waals surface area contributed by atoms with Crippen molar-refractivity contribution in [2.24, 2.45) is 0 Å². The Morgan fingerprint density at radius 1 is 0.286 bits per heavy atom. The molecule has 0 radical (unpaired) electrons. The highest BCUT2D eigenvalue weighted by atomic mass is 16.3. The Balaban J connectivity index is 1.34. The molecule has 0 bridgehead atoms. The van der Waals surface area contributed by atoms with Crippen molar-refractivity contribution >= 4 is 86.6 Å². The molecule has 49 heavy (non-hydrogen) atoms. The summed E-state index contributed by atoms with van der Waals surface area (Å²) in [5.41, 5.74) is 6.73. The molecule has 0 unspecified atom stereocenters. The van der Waals surface area contributed by atoms with Gasteiger partial charge < -0.3 is 4.42 Å². The van der Waals surface area contributed by atoms with Gasteiger partial charge in [-0.05, 0) is 94.0 Å². The van der Waals surface area contributed by atoms with Crippen LogP contribution in [0.15, 0.2) is 174 Å². The summed E-state index contributed by atoms with van der Waals surface area (Å²) < 4.78 is 6.80. The first kappa shape index (κ1) is 26.6. The second kappa shape index (κ2) is 10.0. The summed E-state index contributed by atoms with van der Waals surface area (Å²) in [4.78, 5) is 0. The van der Waals surface area contributed by atoms with Crippen molar-refractivity contribution in [1.82, 2.24) is 0 Å². The standard InChI is InChI=1S/C48H28O/c1-3-15-32-29(13-1)25-26-31-28-41(34-17-5-6-19-36(34)44(31)32)45-37-20-7-9-22-39(37)46(40-23-10-8-21-38(40)45)47-33-16-4-2-14-30(33)27-42-35-18-11-12-24-43(35)49-48(42)47/h1-28H. The largest absolute Gasteiger partial charge is 0.455 e. The fraction of sp³-hybridized carbons (Fsp3) is 0. The van der Waals surface area contributed by atoms with Crippen LogP contribution in [-0.2, 0) is 0 Å². The molecule has 0 saturated heterocycles. The number of benzene rings is 10. The molecule has 1 aromatic heterocycles. The van der Waals surface area contributed by atoms with Crippen LogP contribution in [0.2, 0.25) is 0 Å². The maximum atomic E-state index is 6.80. The van der Waals surface area contributed by atoms with Crippen LogP contribution in [0.1, 0.15) is 0 Å². The maximum absolute atomic E-state index is 6.80. The fourth-order valence-corrected chi connectivity index (χ4v) is 8.54. The molecule has 1 heterocycles. The molecule has 226 valence electrons. The Kier molecular flexibility index (Phi) is 5.45. The lowest BCUT2D eigenvalue weighted by molar-refractivity contribution is 0.670. The Bertz CT molecular complexity index is 3100. The van der Waals surface area contributed by atoms with Gasteiger partial charge in [-0.25, -0.2) is 0 Å². The van der Waals surface area contributed by atoms with Gasteiger partial charge in [-0.1, -0.05) is 152 Å². The van der Waals surface area contributed by atoms with Crippen molar-refractivity contribution in [3.05, 3.63) is 170 Å². The third-order valence-corrected chi connectivity index (χ3v) is 10.6. The highest BCUT2D eigenvalue weighted by Crippen LogP contribution is 2.50. The van der Waals surface area contributed by atoms with E-state index in [9.17, 15) is 0 Å². The van der Waals surface area contributed by atoms with Gasteiger partial charge in [0.25, 0.3) is 0 Å². The third-order valence-electron chi connectivity index (χ3n) is 10.6. The summed E-state index contributed by atoms with van der Waals surface area (Å²) >= 11 is 0. The number of hydrogen-bond donors (Lipinski definition) is 0. The highest BCUT2D eigenvalue weighted by Gasteiger charge is 2.23. The van der Waals surface area contributed by atoms with Crippen LogP contribution in [0.5, 0.6) is 0 Å². The molecular weight excluding hydrogens is 593 g/mol. The van der Waals surface area contributed by atoms with Crippen LogP contribution in [0.25, 0.3) is 109 Å². The SMILES string of the molecule is c1ccc2c(-c3c4ccccc4c(-c4cc5ccc6ccccc6c5c5ccccc45)c4ccccc34)c3oc4ccccc4c3cc2c1. The van der Waals surface area contributed by atoms with Gasteiger partial charge in [0.2, 0.25) is 0 Å². The Morgan fingerprint density at radius 3 is 1.51 bits per heavy atom. The Labute approximate surface area is 282 Å². The van der Waals surface area contributed by atoms with Crippen LogP contribution in [0.3, 0.4) is 0 Å². The predicted molar refractivity (Wildman–Crippen MR) is 210 cm³/mol. The lowest BCUT2D eigenvalue weighted by Crippen LogP contribution is -1.93. The summed E-state index contributed by atoms with van der Waals surface area (Å²) in [6.45, 7) is 0. The zero-order valence-corrected chi connectivity index (χ0v) is 26.6. The maximum Gasteiger partial charge on any atom is 0.143 e. The van der Waals surface area contributed by atoms with Gasteiger partial charge in [-0.15, -0.1) is 0 Å². The molecule has 10 aromatic carbocycles. The van der Waals surface area contributed by atoms with E-state index in [2.05, 4.69) is 170 Å². The molecule has 0 aliphatic carbocycles. The van der Waals surface area contributed by atoms with Crippen LogP contribution in [0, 0.1) is 0 Å². The van der Waals surface area contributed by atoms with Gasteiger partial charge in [-0.2, -0.15) is 0 Å². The molecular formula is C48H28O. The van der Waals surface area contributed by atoms with Crippen molar-refractivity contribution in [1.29, 1.82) is 0 Å². The minimum absolute atomic E-state index is 0.912. The average molecular weight is 621 g/mol. The molecule has 0 saturated carbocycles. The number of furan rings is 1. The highest BCUT2D eigenvalue weighted by molar-refractivity contribution is 6.31. The van der Waals surface area contributed by atoms with E-state index in [4.69, 9.17) is 4.42 Å². The van der Waals surface area contributed by atoms with Gasteiger partial charge in [0.1, 0.15) is 11.2 Å². The predicted octanol–water partition coefficient (Wildman–Crippen LogP) is 13.8. The minimum Gasteiger partial charge on any atom is -0.455 e. The molecule has 0 amide bonds. The van der Waals surface area contributed by atoms with Gasteiger partial charge in [0.15, 0.2) is 0 Å². The zero-order valence-electron chi connectivity index (χ0n) is 26.6. The second-order valence-electron chi connectivity index (χ2n) is 13.1. The normalized spacial score (nSPS) is 12.1. The number of hydrogen-bond acceptors (Lipinski definition) is 1. The van der Waals surface area contributed by atoms with Crippen molar-refractivity contribution in [2.45, 2.75) is 0 Å². The molecule has 0 spiro atoms. The van der Waals surface area contributed by atoms with Gasteiger partial charge >= 0.3 is 0 Å². The van der Waals surface area contributed by atoms with Gasteiger partial charge in [0, 0.05) is 21.9 Å². The number of rotatable bonds is 2. The first-order valence-electron chi connectivity index (χ1n) is 16.9. The van der Waals surface area contributed by atoms with Crippen LogP contribution < -0.4 is 0 Å². The quantitative estimate of drug-likeness (QED) is 0.138. The van der Waals surface area contributed by atoms with Gasteiger partial charge in [0.05, 0.1) is 0 Å². The van der Waals surface area contributed by atoms with Crippen LogP contribution in [0.4, 0.5) is 0 Å². The van der Waals surface area contributed by atoms with Crippen LogP contribution >= 0.6 is 0 Å². The lowest BCUT2D eigenvalue weighted by Gasteiger charge is -2.20. The number of fused-ring (bicyclic) bond motifs is 11. The van der Waals surface area contributed by atoms with E-state index in [0.717, 1.165) is 27.5 Å². The topological polar surface area (TPSA) is 13.1 Å². The van der Waals surface area contributed by atoms with Crippen molar-refractivity contribution in [2.75, 3.05) is 0 Å². The summed E-state index contributed by atoms with van der Waals surface area (Å²) in [6.07, 6.45) is 0. The molecule has 0 aliphatic heterocycles. The average Bonchev–Trinajstić information content (AvgIpc) is 3.54. The Morgan fingerprint density at radius 2 is 0.796 bits per heavy atom. The fourth-order valence-electron chi connectivity index (χ4n) is 8.54. The van der Waals surface area contributed by atoms with Crippen molar-refractivity contribution in [3.8, 4) is 22.3 Å². The molecule has 11 aromatic rings. The third kappa shape index (κ3) is 3.70. The van der Waals surface area contributed by atoms with Gasteiger partial charge in [-0.3, -0.25) is 0 Å². The smallest absolute Gasteiger partial charge is 0.143 e. The summed E-state index contributed by atoms with van der Waals surface area (Å²) in [5, 5.41) is 17.3. The molecule has 0 atom stereocenters.